The lowest BCUT2D eigenvalue weighted by Crippen LogP contribution is -2.36. The maximum absolute atomic E-state index is 12.7. The summed E-state index contributed by atoms with van der Waals surface area (Å²) in [6, 6.07) is 10.4. The molecule has 0 unspecified atom stereocenters. The third-order valence-electron chi connectivity index (χ3n) is 4.79. The van der Waals surface area contributed by atoms with E-state index in [4.69, 9.17) is 14.2 Å². The van der Waals surface area contributed by atoms with Gasteiger partial charge in [-0.15, -0.1) is 0 Å². The van der Waals surface area contributed by atoms with E-state index in [9.17, 15) is 14.9 Å². The fraction of sp³-hybridized carbons (Fsp3) is 0.381. The van der Waals surface area contributed by atoms with Crippen LogP contribution in [-0.4, -0.2) is 50.9 Å². The fourth-order valence-electron chi connectivity index (χ4n) is 3.23. The molecule has 1 heterocycles. The number of carbonyl (C=O) groups is 1. The highest BCUT2D eigenvalue weighted by atomic mass is 16.6. The number of hydrogen-bond donors (Lipinski definition) is 1. The zero-order valence-corrected chi connectivity index (χ0v) is 17.1. The molecule has 30 heavy (non-hydrogen) atoms. The summed E-state index contributed by atoms with van der Waals surface area (Å²) in [6.07, 6.45) is 0. The normalized spacial score (nSPS) is 13.6. The van der Waals surface area contributed by atoms with Gasteiger partial charge in [0.2, 0.25) is 0 Å². The Morgan fingerprint density at radius 3 is 2.50 bits per heavy atom. The molecule has 1 N–H and O–H groups in total. The van der Waals surface area contributed by atoms with Crippen LogP contribution in [0.15, 0.2) is 36.4 Å². The maximum Gasteiger partial charge on any atom is 0.286 e. The minimum atomic E-state index is -0.607. The first-order valence-corrected chi connectivity index (χ1v) is 9.72. The highest BCUT2D eigenvalue weighted by molar-refractivity contribution is 5.99. The van der Waals surface area contributed by atoms with E-state index < -0.39 is 10.8 Å². The third-order valence-corrected chi connectivity index (χ3v) is 4.79. The number of nitro benzene ring substituents is 1. The van der Waals surface area contributed by atoms with E-state index in [2.05, 4.69) is 10.2 Å². The predicted molar refractivity (Wildman–Crippen MR) is 111 cm³/mol. The van der Waals surface area contributed by atoms with Crippen molar-refractivity contribution in [1.29, 1.82) is 0 Å². The van der Waals surface area contributed by atoms with Crippen LogP contribution >= 0.6 is 0 Å². The zero-order valence-electron chi connectivity index (χ0n) is 17.1. The Morgan fingerprint density at radius 1 is 1.20 bits per heavy atom. The van der Waals surface area contributed by atoms with Gasteiger partial charge < -0.3 is 24.4 Å². The van der Waals surface area contributed by atoms with Crippen molar-refractivity contribution in [2.45, 2.75) is 13.5 Å². The molecule has 0 aromatic heterocycles. The van der Waals surface area contributed by atoms with Crippen molar-refractivity contribution in [3.63, 3.8) is 0 Å². The van der Waals surface area contributed by atoms with Gasteiger partial charge in [-0.05, 0) is 24.6 Å². The standard InChI is InChI=1S/C21H25N3O6/c1-3-30-20-12-17(18(24(26)27)13-19(20)28-2)21(25)22-14-15-4-6-16(7-5-15)23-8-10-29-11-9-23/h4-7,12-13H,3,8-11,14H2,1-2H3,(H,22,25). The molecule has 2 aromatic carbocycles. The topological polar surface area (TPSA) is 103 Å². The minimum absolute atomic E-state index is 0.0748. The van der Waals surface area contributed by atoms with E-state index in [1.807, 2.05) is 24.3 Å². The Bertz CT molecular complexity index is 894. The first kappa shape index (κ1) is 21.4. The average Bonchev–Trinajstić information content (AvgIpc) is 2.78. The molecule has 160 valence electrons. The molecular formula is C21H25N3O6. The first-order chi connectivity index (χ1) is 14.5. The van der Waals surface area contributed by atoms with E-state index in [1.165, 1.54) is 19.2 Å². The summed E-state index contributed by atoms with van der Waals surface area (Å²) in [7, 11) is 1.39. The molecule has 1 amide bonds. The van der Waals surface area contributed by atoms with Crippen molar-refractivity contribution < 1.29 is 23.9 Å². The van der Waals surface area contributed by atoms with Gasteiger partial charge in [-0.25, -0.2) is 0 Å². The Hall–Kier alpha value is -3.33. The Morgan fingerprint density at radius 2 is 1.90 bits per heavy atom. The van der Waals surface area contributed by atoms with E-state index in [0.717, 1.165) is 24.3 Å². The van der Waals surface area contributed by atoms with Gasteiger partial charge in [-0.1, -0.05) is 12.1 Å². The van der Waals surface area contributed by atoms with Gasteiger partial charge in [-0.3, -0.25) is 14.9 Å². The molecule has 3 rings (SSSR count). The lowest BCUT2D eigenvalue weighted by molar-refractivity contribution is -0.385. The highest BCUT2D eigenvalue weighted by Gasteiger charge is 2.24. The third kappa shape index (κ3) is 4.98. The summed E-state index contributed by atoms with van der Waals surface area (Å²) in [6.45, 7) is 5.48. The second-order valence-electron chi connectivity index (χ2n) is 6.66. The van der Waals surface area contributed by atoms with Crippen LogP contribution in [-0.2, 0) is 11.3 Å². The largest absolute Gasteiger partial charge is 0.493 e. The van der Waals surface area contributed by atoms with Crippen molar-refractivity contribution >= 4 is 17.3 Å². The summed E-state index contributed by atoms with van der Waals surface area (Å²) >= 11 is 0. The molecule has 1 aliphatic rings. The number of rotatable bonds is 8. The van der Waals surface area contributed by atoms with E-state index >= 15 is 0 Å². The molecule has 0 atom stereocenters. The number of amides is 1. The number of anilines is 1. The summed E-state index contributed by atoms with van der Waals surface area (Å²) in [5.41, 5.74) is 1.58. The molecule has 0 spiro atoms. The second kappa shape index (κ2) is 9.93. The fourth-order valence-corrected chi connectivity index (χ4v) is 3.23. The molecule has 9 nitrogen and oxygen atoms in total. The van der Waals surface area contributed by atoms with Crippen LogP contribution in [0.2, 0.25) is 0 Å². The molecule has 9 heteroatoms. The van der Waals surface area contributed by atoms with Gasteiger partial charge in [0, 0.05) is 31.4 Å². The van der Waals surface area contributed by atoms with Gasteiger partial charge in [0.05, 0.1) is 37.9 Å². The lowest BCUT2D eigenvalue weighted by Gasteiger charge is -2.28. The van der Waals surface area contributed by atoms with Crippen molar-refractivity contribution in [3.8, 4) is 11.5 Å². The monoisotopic (exact) mass is 415 g/mol. The number of nitro groups is 1. The number of nitrogens with one attached hydrogen (secondary N) is 1. The summed E-state index contributed by atoms with van der Waals surface area (Å²) in [4.78, 5) is 25.8. The molecule has 0 bridgehead atoms. The quantitative estimate of drug-likeness (QED) is 0.522. The first-order valence-electron chi connectivity index (χ1n) is 9.72. The molecule has 0 radical (unpaired) electrons. The number of morpholine rings is 1. The average molecular weight is 415 g/mol. The van der Waals surface area contributed by atoms with Crippen LogP contribution in [0.1, 0.15) is 22.8 Å². The van der Waals surface area contributed by atoms with Crippen LogP contribution in [0.5, 0.6) is 11.5 Å². The number of hydrogen-bond acceptors (Lipinski definition) is 7. The van der Waals surface area contributed by atoms with Crippen molar-refractivity contribution in [3.05, 3.63) is 57.6 Å². The van der Waals surface area contributed by atoms with Crippen molar-refractivity contribution in [2.75, 3.05) is 44.9 Å². The molecule has 1 fully saturated rings. The smallest absolute Gasteiger partial charge is 0.286 e. The summed E-state index contributed by atoms with van der Waals surface area (Å²) in [5.74, 6) is -0.0630. The van der Waals surface area contributed by atoms with E-state index in [1.54, 1.807) is 6.92 Å². The Kier molecular flexibility index (Phi) is 7.08. The number of carbonyl (C=O) groups excluding carboxylic acids is 1. The Labute approximate surface area is 174 Å². The summed E-state index contributed by atoms with van der Waals surface area (Å²) in [5, 5.41) is 14.2. The molecule has 0 saturated carbocycles. The van der Waals surface area contributed by atoms with Crippen LogP contribution < -0.4 is 19.7 Å². The molecule has 0 aliphatic carbocycles. The number of benzene rings is 2. The van der Waals surface area contributed by atoms with Gasteiger partial charge in [-0.2, -0.15) is 0 Å². The van der Waals surface area contributed by atoms with Crippen LogP contribution in [0.25, 0.3) is 0 Å². The zero-order chi connectivity index (χ0) is 21.5. The molecular weight excluding hydrogens is 390 g/mol. The Balaban J connectivity index is 1.72. The van der Waals surface area contributed by atoms with Gasteiger partial charge >= 0.3 is 0 Å². The highest BCUT2D eigenvalue weighted by Crippen LogP contribution is 2.34. The van der Waals surface area contributed by atoms with Crippen LogP contribution in [0.3, 0.4) is 0 Å². The number of nitrogens with zero attached hydrogens (tertiary/aromatic N) is 2. The number of methoxy groups -OCH3 is 1. The maximum atomic E-state index is 12.7. The second-order valence-corrected chi connectivity index (χ2v) is 6.66. The molecule has 1 saturated heterocycles. The van der Waals surface area contributed by atoms with Crippen molar-refractivity contribution in [1.82, 2.24) is 5.32 Å². The van der Waals surface area contributed by atoms with E-state index in [0.29, 0.717) is 19.8 Å². The van der Waals surface area contributed by atoms with Gasteiger partial charge in [0.25, 0.3) is 11.6 Å². The minimum Gasteiger partial charge on any atom is -0.493 e. The van der Waals surface area contributed by atoms with Gasteiger partial charge in [0.15, 0.2) is 11.5 Å². The number of ether oxygens (including phenoxy) is 3. The van der Waals surface area contributed by atoms with Crippen LogP contribution in [0, 0.1) is 10.1 Å². The molecule has 1 aliphatic heterocycles. The lowest BCUT2D eigenvalue weighted by atomic mass is 10.1. The van der Waals surface area contributed by atoms with E-state index in [-0.39, 0.29) is 29.3 Å². The predicted octanol–water partition coefficient (Wildman–Crippen LogP) is 2.77. The van der Waals surface area contributed by atoms with Crippen molar-refractivity contribution in [2.24, 2.45) is 0 Å². The van der Waals surface area contributed by atoms with Crippen LogP contribution in [0.4, 0.5) is 11.4 Å². The van der Waals surface area contributed by atoms with Gasteiger partial charge in [0.1, 0.15) is 5.56 Å². The summed E-state index contributed by atoms with van der Waals surface area (Å²) < 4.78 is 15.9. The SMILES string of the molecule is CCOc1cc(C(=O)NCc2ccc(N3CCOCC3)cc2)c([N+](=O)[O-])cc1OC. The molecule has 2 aromatic rings.